The Kier molecular flexibility index (Phi) is 2.62. The Bertz CT molecular complexity index is 422. The van der Waals surface area contributed by atoms with Gasteiger partial charge < -0.3 is 10.5 Å². The number of hydrogen-bond acceptors (Lipinski definition) is 3. The van der Waals surface area contributed by atoms with Gasteiger partial charge in [0.25, 0.3) is 0 Å². The van der Waals surface area contributed by atoms with Crippen molar-refractivity contribution in [2.75, 3.05) is 5.73 Å². The topological polar surface area (TPSA) is 52.3 Å². The van der Waals surface area contributed by atoms with Gasteiger partial charge in [-0.1, -0.05) is 13.8 Å². The average Bonchev–Trinajstić information content (AvgIpc) is 2.30. The molecule has 2 rings (SSSR count). The number of benzene rings is 1. The monoisotopic (exact) mass is 219 g/mol. The third-order valence-corrected chi connectivity index (χ3v) is 3.40. The van der Waals surface area contributed by atoms with E-state index in [0.717, 1.165) is 12.8 Å². The van der Waals surface area contributed by atoms with Gasteiger partial charge in [0.15, 0.2) is 5.78 Å². The molecule has 3 nitrogen and oxygen atoms in total. The number of nitrogen functional groups attached to an aromatic ring is 1. The van der Waals surface area contributed by atoms with Crippen molar-refractivity contribution < 1.29 is 9.53 Å². The van der Waals surface area contributed by atoms with Crippen molar-refractivity contribution >= 4 is 11.5 Å². The largest absolute Gasteiger partial charge is 0.486 e. The maximum atomic E-state index is 12.0. The summed E-state index contributed by atoms with van der Waals surface area (Å²) < 4.78 is 5.97. The molecule has 0 spiro atoms. The number of nitrogens with two attached hydrogens (primary N) is 1. The van der Waals surface area contributed by atoms with Gasteiger partial charge in [-0.05, 0) is 31.0 Å². The first-order valence-electron chi connectivity index (χ1n) is 5.72. The smallest absolute Gasteiger partial charge is 0.170 e. The first kappa shape index (κ1) is 11.0. The third-order valence-electron chi connectivity index (χ3n) is 3.40. The molecule has 0 radical (unpaired) electrons. The van der Waals surface area contributed by atoms with E-state index in [1.165, 1.54) is 0 Å². The van der Waals surface area contributed by atoms with Crippen LogP contribution in [-0.4, -0.2) is 11.4 Å². The number of Topliss-reactive ketones (excluding diaryl/α,β-unsaturated/α-hetero) is 1. The summed E-state index contributed by atoms with van der Waals surface area (Å²) in [6.45, 7) is 4.11. The predicted molar refractivity (Wildman–Crippen MR) is 63.7 cm³/mol. The second kappa shape index (κ2) is 3.81. The first-order valence-corrected chi connectivity index (χ1v) is 5.72. The van der Waals surface area contributed by atoms with Gasteiger partial charge in [0.1, 0.15) is 11.4 Å². The van der Waals surface area contributed by atoms with Crippen LogP contribution in [0.15, 0.2) is 18.2 Å². The zero-order valence-corrected chi connectivity index (χ0v) is 9.75. The van der Waals surface area contributed by atoms with Gasteiger partial charge >= 0.3 is 0 Å². The first-order chi connectivity index (χ1) is 7.60. The fourth-order valence-electron chi connectivity index (χ4n) is 2.16. The van der Waals surface area contributed by atoms with Crippen LogP contribution in [0.4, 0.5) is 5.69 Å². The molecule has 0 atom stereocenters. The van der Waals surface area contributed by atoms with Gasteiger partial charge in [-0.2, -0.15) is 0 Å². The molecule has 16 heavy (non-hydrogen) atoms. The molecule has 1 aliphatic heterocycles. The summed E-state index contributed by atoms with van der Waals surface area (Å²) in [5, 5.41) is 0. The van der Waals surface area contributed by atoms with Crippen molar-refractivity contribution in [1.82, 2.24) is 0 Å². The zero-order chi connectivity index (χ0) is 11.8. The normalized spacial score (nSPS) is 17.8. The highest BCUT2D eigenvalue weighted by molar-refractivity contribution is 6.01. The molecule has 0 bridgehead atoms. The molecule has 0 aliphatic carbocycles. The summed E-state index contributed by atoms with van der Waals surface area (Å²) in [6, 6.07) is 5.27. The Hall–Kier alpha value is -1.51. The summed E-state index contributed by atoms with van der Waals surface area (Å²) in [5.41, 5.74) is 6.58. The maximum absolute atomic E-state index is 12.0. The van der Waals surface area contributed by atoms with E-state index < -0.39 is 0 Å². The van der Waals surface area contributed by atoms with E-state index in [9.17, 15) is 4.79 Å². The van der Waals surface area contributed by atoms with Crippen molar-refractivity contribution in [2.45, 2.75) is 38.7 Å². The molecular weight excluding hydrogens is 202 g/mol. The lowest BCUT2D eigenvalue weighted by molar-refractivity contribution is 0.0350. The highest BCUT2D eigenvalue weighted by Gasteiger charge is 2.37. The summed E-state index contributed by atoms with van der Waals surface area (Å²) in [6.07, 6.45) is 2.15. The summed E-state index contributed by atoms with van der Waals surface area (Å²) in [5.74, 6) is 0.811. The minimum absolute atomic E-state index is 0.136. The van der Waals surface area contributed by atoms with Crippen LogP contribution in [0.25, 0.3) is 0 Å². The Morgan fingerprint density at radius 2 is 2.06 bits per heavy atom. The predicted octanol–water partition coefficient (Wildman–Crippen LogP) is 2.79. The minimum atomic E-state index is -0.319. The van der Waals surface area contributed by atoms with Crippen LogP contribution in [0.2, 0.25) is 0 Å². The molecule has 0 fully saturated rings. The van der Waals surface area contributed by atoms with Crippen molar-refractivity contribution in [3.05, 3.63) is 23.8 Å². The fourth-order valence-corrected chi connectivity index (χ4v) is 2.16. The van der Waals surface area contributed by atoms with Crippen LogP contribution in [0.3, 0.4) is 0 Å². The molecule has 0 aromatic heterocycles. The second-order valence-electron chi connectivity index (χ2n) is 4.35. The summed E-state index contributed by atoms with van der Waals surface area (Å²) in [7, 11) is 0. The zero-order valence-electron chi connectivity index (χ0n) is 9.75. The number of carbonyl (C=O) groups is 1. The van der Waals surface area contributed by atoms with E-state index in [1.54, 1.807) is 18.2 Å². The lowest BCUT2D eigenvalue weighted by Crippen LogP contribution is -2.40. The molecule has 0 amide bonds. The molecule has 3 heteroatoms. The SMILES string of the molecule is CCC1(CC)CC(=O)c2cc(N)ccc2O1. The van der Waals surface area contributed by atoms with Crippen LogP contribution >= 0.6 is 0 Å². The van der Waals surface area contributed by atoms with E-state index in [4.69, 9.17) is 10.5 Å². The minimum Gasteiger partial charge on any atom is -0.486 e. The molecule has 86 valence electrons. The molecule has 0 saturated heterocycles. The van der Waals surface area contributed by atoms with Crippen LogP contribution in [-0.2, 0) is 0 Å². The van der Waals surface area contributed by atoms with Gasteiger partial charge in [-0.3, -0.25) is 4.79 Å². The van der Waals surface area contributed by atoms with Crippen molar-refractivity contribution in [2.24, 2.45) is 0 Å². The molecular formula is C13H17NO2. The van der Waals surface area contributed by atoms with Crippen molar-refractivity contribution in [3.8, 4) is 5.75 Å². The Balaban J connectivity index is 2.44. The van der Waals surface area contributed by atoms with E-state index in [2.05, 4.69) is 13.8 Å². The van der Waals surface area contributed by atoms with E-state index >= 15 is 0 Å². The van der Waals surface area contributed by atoms with Crippen molar-refractivity contribution in [1.29, 1.82) is 0 Å². The Morgan fingerprint density at radius 1 is 1.38 bits per heavy atom. The van der Waals surface area contributed by atoms with Crippen LogP contribution in [0.1, 0.15) is 43.5 Å². The van der Waals surface area contributed by atoms with Gasteiger partial charge in [0.2, 0.25) is 0 Å². The maximum Gasteiger partial charge on any atom is 0.170 e. The molecule has 0 saturated carbocycles. The number of rotatable bonds is 2. The Labute approximate surface area is 95.6 Å². The highest BCUT2D eigenvalue weighted by Crippen LogP contribution is 2.37. The second-order valence-corrected chi connectivity index (χ2v) is 4.35. The lowest BCUT2D eigenvalue weighted by Gasteiger charge is -2.36. The lowest BCUT2D eigenvalue weighted by atomic mass is 9.86. The molecule has 1 aliphatic rings. The van der Waals surface area contributed by atoms with Gasteiger partial charge in [-0.25, -0.2) is 0 Å². The van der Waals surface area contributed by atoms with E-state index in [0.29, 0.717) is 23.4 Å². The number of anilines is 1. The number of fused-ring (bicyclic) bond motifs is 1. The Morgan fingerprint density at radius 3 is 2.69 bits per heavy atom. The molecule has 0 unspecified atom stereocenters. The molecule has 2 N–H and O–H groups in total. The fraction of sp³-hybridized carbons (Fsp3) is 0.462. The highest BCUT2D eigenvalue weighted by atomic mass is 16.5. The van der Waals surface area contributed by atoms with Crippen LogP contribution in [0.5, 0.6) is 5.75 Å². The number of hydrogen-bond donors (Lipinski definition) is 1. The molecule has 1 aromatic carbocycles. The average molecular weight is 219 g/mol. The molecule has 1 heterocycles. The summed E-state index contributed by atoms with van der Waals surface area (Å²) in [4.78, 5) is 12.0. The standard InChI is InChI=1S/C13H17NO2/c1-3-13(4-2)8-11(15)10-7-9(14)5-6-12(10)16-13/h5-7H,3-4,8,14H2,1-2H3. The number of ether oxygens (including phenoxy) is 1. The quantitative estimate of drug-likeness (QED) is 0.778. The van der Waals surface area contributed by atoms with Crippen LogP contribution in [0, 0.1) is 0 Å². The van der Waals surface area contributed by atoms with Crippen LogP contribution < -0.4 is 10.5 Å². The molecule has 1 aromatic rings. The van der Waals surface area contributed by atoms with Crippen molar-refractivity contribution in [3.63, 3.8) is 0 Å². The van der Waals surface area contributed by atoms with Gasteiger partial charge in [0.05, 0.1) is 12.0 Å². The summed E-state index contributed by atoms with van der Waals surface area (Å²) >= 11 is 0. The third kappa shape index (κ3) is 1.66. The number of carbonyl (C=O) groups excluding carboxylic acids is 1. The number of ketones is 1. The van der Waals surface area contributed by atoms with E-state index in [1.807, 2.05) is 0 Å². The van der Waals surface area contributed by atoms with Gasteiger partial charge in [0, 0.05) is 5.69 Å². The van der Waals surface area contributed by atoms with Gasteiger partial charge in [-0.15, -0.1) is 0 Å². The van der Waals surface area contributed by atoms with E-state index in [-0.39, 0.29) is 11.4 Å².